The number of pyridine rings is 1. The van der Waals surface area contributed by atoms with Crippen molar-refractivity contribution in [2.24, 2.45) is 0 Å². The molecule has 2 aromatic carbocycles. The number of hydrogen-bond acceptors (Lipinski definition) is 5. The molecule has 0 bridgehead atoms. The summed E-state index contributed by atoms with van der Waals surface area (Å²) in [5.74, 6) is -0.342. The number of β-amino-alcohol motifs (C(OH)–C–C–N with tert-alkyl or cyclic N) is 1. The SMILES string of the molecule is O=C(NC[C@@H](O)CN1CCC(Oc2ccc(Cl)c(Cl)c2)CC1)c1c[nH]c(=O)c2cc(F)ccc12. The molecule has 0 saturated carbocycles. The Labute approximate surface area is 205 Å². The number of benzene rings is 2. The van der Waals surface area contributed by atoms with Crippen LogP contribution < -0.4 is 15.6 Å². The molecule has 7 nitrogen and oxygen atoms in total. The zero-order valence-corrected chi connectivity index (χ0v) is 19.7. The van der Waals surface area contributed by atoms with Gasteiger partial charge in [0.2, 0.25) is 0 Å². The summed E-state index contributed by atoms with van der Waals surface area (Å²) in [7, 11) is 0. The quantitative estimate of drug-likeness (QED) is 0.454. The van der Waals surface area contributed by atoms with Crippen molar-refractivity contribution in [3.8, 4) is 5.75 Å². The first-order chi connectivity index (χ1) is 16.3. The van der Waals surface area contributed by atoms with Gasteiger partial charge in [0.1, 0.15) is 17.7 Å². The minimum absolute atomic E-state index is 0.0420. The zero-order valence-electron chi connectivity index (χ0n) is 18.2. The van der Waals surface area contributed by atoms with E-state index in [1.54, 1.807) is 18.2 Å². The van der Waals surface area contributed by atoms with Crippen LogP contribution in [-0.2, 0) is 0 Å². The number of fused-ring (bicyclic) bond motifs is 1. The minimum Gasteiger partial charge on any atom is -0.490 e. The second-order valence-corrected chi connectivity index (χ2v) is 9.09. The molecule has 0 aliphatic carbocycles. The first-order valence-electron chi connectivity index (χ1n) is 10.9. The number of rotatable bonds is 7. The number of carbonyl (C=O) groups excluding carboxylic acids is 1. The highest BCUT2D eigenvalue weighted by molar-refractivity contribution is 6.42. The maximum Gasteiger partial charge on any atom is 0.255 e. The van der Waals surface area contributed by atoms with Crippen molar-refractivity contribution >= 4 is 39.9 Å². The summed E-state index contributed by atoms with van der Waals surface area (Å²) in [6.07, 6.45) is 2.15. The van der Waals surface area contributed by atoms with Crippen LogP contribution >= 0.6 is 23.2 Å². The summed E-state index contributed by atoms with van der Waals surface area (Å²) in [4.78, 5) is 29.1. The van der Waals surface area contributed by atoms with E-state index in [2.05, 4.69) is 15.2 Å². The number of aliphatic hydroxyl groups excluding tert-OH is 1. The lowest BCUT2D eigenvalue weighted by atomic mass is 10.1. The fraction of sp³-hybridized carbons (Fsp3) is 0.333. The molecule has 1 atom stereocenters. The van der Waals surface area contributed by atoms with Crippen LogP contribution in [0.4, 0.5) is 4.39 Å². The van der Waals surface area contributed by atoms with E-state index in [-0.39, 0.29) is 23.6 Å². The number of ether oxygens (including phenoxy) is 1. The third-order valence-corrected chi connectivity index (χ3v) is 6.54. The van der Waals surface area contributed by atoms with Crippen LogP contribution in [0.3, 0.4) is 0 Å². The van der Waals surface area contributed by atoms with Gasteiger partial charge in [-0.15, -0.1) is 0 Å². The fourth-order valence-electron chi connectivity index (χ4n) is 4.04. The van der Waals surface area contributed by atoms with Gasteiger partial charge in [-0.3, -0.25) is 9.59 Å². The number of nitrogens with zero attached hydrogens (tertiary/aromatic N) is 1. The van der Waals surface area contributed by atoms with Crippen molar-refractivity contribution in [3.05, 3.63) is 74.4 Å². The summed E-state index contributed by atoms with van der Waals surface area (Å²) in [5, 5.41) is 14.5. The average Bonchev–Trinajstić information content (AvgIpc) is 2.82. The van der Waals surface area contributed by atoms with Crippen LogP contribution in [0.15, 0.2) is 47.4 Å². The maximum absolute atomic E-state index is 13.5. The maximum atomic E-state index is 13.5. The van der Waals surface area contributed by atoms with E-state index in [0.29, 0.717) is 27.7 Å². The molecule has 0 unspecified atom stereocenters. The smallest absolute Gasteiger partial charge is 0.255 e. The Hall–Kier alpha value is -2.65. The average molecular weight is 508 g/mol. The molecular formula is C24H24Cl2FN3O4. The minimum atomic E-state index is -0.775. The van der Waals surface area contributed by atoms with Crippen molar-refractivity contribution in [2.45, 2.75) is 25.0 Å². The zero-order chi connectivity index (χ0) is 24.2. The Morgan fingerprint density at radius 2 is 1.94 bits per heavy atom. The van der Waals surface area contributed by atoms with Gasteiger partial charge in [-0.2, -0.15) is 0 Å². The van der Waals surface area contributed by atoms with Crippen LogP contribution in [0, 0.1) is 5.82 Å². The largest absolute Gasteiger partial charge is 0.490 e. The third-order valence-electron chi connectivity index (χ3n) is 5.80. The van der Waals surface area contributed by atoms with Crippen molar-refractivity contribution in [1.29, 1.82) is 0 Å². The molecule has 1 saturated heterocycles. The van der Waals surface area contributed by atoms with Gasteiger partial charge in [0.25, 0.3) is 11.5 Å². The van der Waals surface area contributed by atoms with Crippen LogP contribution in [0.2, 0.25) is 10.0 Å². The van der Waals surface area contributed by atoms with E-state index in [4.69, 9.17) is 27.9 Å². The van der Waals surface area contributed by atoms with Gasteiger partial charge in [-0.25, -0.2) is 4.39 Å². The lowest BCUT2D eigenvalue weighted by molar-refractivity contribution is 0.0594. The number of nitrogens with one attached hydrogen (secondary N) is 2. The van der Waals surface area contributed by atoms with Crippen molar-refractivity contribution in [3.63, 3.8) is 0 Å². The highest BCUT2D eigenvalue weighted by Crippen LogP contribution is 2.28. The number of aromatic amines is 1. The Balaban J connectivity index is 1.25. The third kappa shape index (κ3) is 5.88. The fourth-order valence-corrected chi connectivity index (χ4v) is 4.33. The predicted molar refractivity (Wildman–Crippen MR) is 129 cm³/mol. The van der Waals surface area contributed by atoms with Gasteiger partial charge >= 0.3 is 0 Å². The molecule has 1 aromatic heterocycles. The van der Waals surface area contributed by atoms with Gasteiger partial charge < -0.3 is 25.0 Å². The number of aliphatic hydroxyl groups is 1. The second-order valence-electron chi connectivity index (χ2n) is 8.28. The predicted octanol–water partition coefficient (Wildman–Crippen LogP) is 3.61. The lowest BCUT2D eigenvalue weighted by Crippen LogP contribution is -2.45. The van der Waals surface area contributed by atoms with E-state index in [1.807, 2.05) is 0 Å². The Bertz CT molecular complexity index is 1240. The van der Waals surface area contributed by atoms with Gasteiger partial charge in [-0.1, -0.05) is 29.3 Å². The molecule has 180 valence electrons. The summed E-state index contributed by atoms with van der Waals surface area (Å²) in [5.41, 5.74) is -0.264. The van der Waals surface area contributed by atoms with Crippen LogP contribution in [-0.4, -0.2) is 59.3 Å². The van der Waals surface area contributed by atoms with Gasteiger partial charge in [0, 0.05) is 43.8 Å². The molecule has 34 heavy (non-hydrogen) atoms. The molecule has 3 aromatic rings. The van der Waals surface area contributed by atoms with E-state index < -0.39 is 23.4 Å². The highest BCUT2D eigenvalue weighted by atomic mass is 35.5. The second kappa shape index (κ2) is 10.7. The molecule has 1 amide bonds. The van der Waals surface area contributed by atoms with Crippen LogP contribution in [0.1, 0.15) is 23.2 Å². The number of aromatic nitrogens is 1. The summed E-state index contributed by atoms with van der Waals surface area (Å²) >= 11 is 12.0. The molecule has 2 heterocycles. The van der Waals surface area contributed by atoms with Crippen LogP contribution in [0.25, 0.3) is 10.8 Å². The monoisotopic (exact) mass is 507 g/mol. The number of amides is 1. The first kappa shape index (κ1) is 24.5. The van der Waals surface area contributed by atoms with E-state index >= 15 is 0 Å². The molecule has 10 heteroatoms. The molecule has 0 radical (unpaired) electrons. The van der Waals surface area contributed by atoms with E-state index in [1.165, 1.54) is 18.3 Å². The number of likely N-dealkylation sites (tertiary alicyclic amines) is 1. The number of halogens is 3. The van der Waals surface area contributed by atoms with Gasteiger partial charge in [0.15, 0.2) is 0 Å². The number of hydrogen-bond donors (Lipinski definition) is 3. The molecule has 1 aliphatic rings. The Kier molecular flexibility index (Phi) is 7.73. The lowest BCUT2D eigenvalue weighted by Gasteiger charge is -2.33. The molecular weight excluding hydrogens is 484 g/mol. The summed E-state index contributed by atoms with van der Waals surface area (Å²) < 4.78 is 19.5. The molecule has 3 N–H and O–H groups in total. The highest BCUT2D eigenvalue weighted by Gasteiger charge is 2.23. The molecule has 1 fully saturated rings. The van der Waals surface area contributed by atoms with Crippen molar-refractivity contribution in [2.75, 3.05) is 26.2 Å². The van der Waals surface area contributed by atoms with E-state index in [0.717, 1.165) is 32.0 Å². The standard InChI is InChI=1S/C24H24Cl2FN3O4/c25-21-4-2-17(10-22(21)26)34-16-5-7-30(8-6-16)13-15(31)11-28-24(33)20-12-29-23(32)19-9-14(27)1-3-18(19)20/h1-4,9-10,12,15-16,31H,5-8,11,13H2,(H,28,33)(H,29,32)/t15-/m1/s1. The normalized spacial score (nSPS) is 15.9. The molecule has 4 rings (SSSR count). The first-order valence-corrected chi connectivity index (χ1v) is 11.7. The van der Waals surface area contributed by atoms with Gasteiger partial charge in [-0.05, 0) is 37.1 Å². The van der Waals surface area contributed by atoms with Crippen LogP contribution in [0.5, 0.6) is 5.75 Å². The van der Waals surface area contributed by atoms with Crippen molar-refractivity contribution < 1.29 is 19.0 Å². The molecule has 1 aliphatic heterocycles. The number of H-pyrrole nitrogens is 1. The Morgan fingerprint density at radius 3 is 2.68 bits per heavy atom. The molecule has 0 spiro atoms. The topological polar surface area (TPSA) is 94.7 Å². The number of carbonyl (C=O) groups is 1. The number of piperidine rings is 1. The summed E-state index contributed by atoms with van der Waals surface area (Å²) in [6, 6.07) is 8.87. The van der Waals surface area contributed by atoms with E-state index in [9.17, 15) is 19.1 Å². The van der Waals surface area contributed by atoms with Crippen molar-refractivity contribution in [1.82, 2.24) is 15.2 Å². The Morgan fingerprint density at radius 1 is 1.18 bits per heavy atom. The van der Waals surface area contributed by atoms with Gasteiger partial charge in [0.05, 0.1) is 27.1 Å². The summed E-state index contributed by atoms with van der Waals surface area (Å²) in [6.45, 7) is 1.93.